The lowest BCUT2D eigenvalue weighted by Crippen LogP contribution is -2.39. The highest BCUT2D eigenvalue weighted by Crippen LogP contribution is 2.21. The second kappa shape index (κ2) is 4.11. The molecule has 0 spiro atoms. The van der Waals surface area contributed by atoms with E-state index in [1.807, 2.05) is 6.92 Å². The molecule has 2 N–H and O–H groups in total. The molecule has 0 radical (unpaired) electrons. The molecule has 1 aromatic carbocycles. The third-order valence-electron chi connectivity index (χ3n) is 2.85. The molecule has 14 heavy (non-hydrogen) atoms. The summed E-state index contributed by atoms with van der Waals surface area (Å²) in [4.78, 5) is 0. The van der Waals surface area contributed by atoms with Crippen LogP contribution in [0.3, 0.4) is 0 Å². The Kier molecular flexibility index (Phi) is 2.85. The lowest BCUT2D eigenvalue weighted by atomic mass is 10.1. The Morgan fingerprint density at radius 2 is 1.93 bits per heavy atom. The van der Waals surface area contributed by atoms with Gasteiger partial charge in [-0.25, -0.2) is 0 Å². The number of fused-ring (bicyclic) bond motifs is 1. The number of aliphatic hydroxyl groups excluding tert-OH is 1. The number of aliphatic hydroxyl groups is 1. The Labute approximate surface area is 85.0 Å². The van der Waals surface area contributed by atoms with Crippen LogP contribution in [0.15, 0.2) is 24.3 Å². The van der Waals surface area contributed by atoms with Gasteiger partial charge in [0.25, 0.3) is 0 Å². The molecule has 0 fully saturated rings. The second-order valence-corrected chi connectivity index (χ2v) is 4.12. The summed E-state index contributed by atoms with van der Waals surface area (Å²) in [5, 5.41) is 12.4. The third-order valence-corrected chi connectivity index (χ3v) is 2.85. The van der Waals surface area contributed by atoms with E-state index in [1.54, 1.807) is 0 Å². The summed E-state index contributed by atoms with van der Waals surface area (Å²) < 4.78 is 0. The van der Waals surface area contributed by atoms with E-state index >= 15 is 0 Å². The normalized spacial score (nSPS) is 18.1. The average molecular weight is 191 g/mol. The highest BCUT2D eigenvalue weighted by Gasteiger charge is 2.21. The van der Waals surface area contributed by atoms with Crippen molar-refractivity contribution in [3.05, 3.63) is 35.4 Å². The van der Waals surface area contributed by atoms with Crippen LogP contribution < -0.4 is 5.32 Å². The van der Waals surface area contributed by atoms with E-state index in [1.165, 1.54) is 11.1 Å². The molecule has 0 amide bonds. The van der Waals surface area contributed by atoms with Crippen molar-refractivity contribution in [1.29, 1.82) is 0 Å². The third kappa shape index (κ3) is 1.97. The van der Waals surface area contributed by atoms with Crippen LogP contribution in [0.2, 0.25) is 0 Å². The molecule has 0 saturated carbocycles. The van der Waals surface area contributed by atoms with Gasteiger partial charge in [-0.2, -0.15) is 0 Å². The average Bonchev–Trinajstić information content (AvgIpc) is 2.59. The summed E-state index contributed by atoms with van der Waals surface area (Å²) in [5.74, 6) is 0. The summed E-state index contributed by atoms with van der Waals surface area (Å²) in [6.45, 7) is 2.23. The molecule has 0 heterocycles. The molecule has 2 heteroatoms. The zero-order valence-electron chi connectivity index (χ0n) is 8.53. The fraction of sp³-hybridized carbons (Fsp3) is 0.500. The van der Waals surface area contributed by atoms with Crippen molar-refractivity contribution in [2.45, 2.75) is 31.8 Å². The van der Waals surface area contributed by atoms with Gasteiger partial charge in [0.1, 0.15) is 0 Å². The predicted octanol–water partition coefficient (Wildman–Crippen LogP) is 1.12. The fourth-order valence-corrected chi connectivity index (χ4v) is 2.13. The molecule has 1 aliphatic rings. The van der Waals surface area contributed by atoms with E-state index in [0.29, 0.717) is 6.04 Å². The first-order valence-electron chi connectivity index (χ1n) is 5.23. The van der Waals surface area contributed by atoms with Crippen LogP contribution in [0.5, 0.6) is 0 Å². The van der Waals surface area contributed by atoms with E-state index in [0.717, 1.165) is 12.8 Å². The van der Waals surface area contributed by atoms with Crippen LogP contribution in [0.25, 0.3) is 0 Å². The molecule has 0 unspecified atom stereocenters. The minimum absolute atomic E-state index is 0.203. The molecule has 0 aromatic heterocycles. The SMILES string of the molecule is C[C@H](CO)NC1Cc2ccccc2C1. The quantitative estimate of drug-likeness (QED) is 0.750. The van der Waals surface area contributed by atoms with Crippen LogP contribution in [0.4, 0.5) is 0 Å². The van der Waals surface area contributed by atoms with E-state index < -0.39 is 0 Å². The number of benzene rings is 1. The standard InChI is InChI=1S/C12H17NO/c1-9(8-14)13-12-6-10-4-2-3-5-11(10)7-12/h2-5,9,12-14H,6-8H2,1H3/t9-/m1/s1. The molecule has 2 nitrogen and oxygen atoms in total. The van der Waals surface area contributed by atoms with Crippen molar-refractivity contribution in [3.8, 4) is 0 Å². The van der Waals surface area contributed by atoms with Crippen molar-refractivity contribution < 1.29 is 5.11 Å². The molecular weight excluding hydrogens is 174 g/mol. The number of hydrogen-bond acceptors (Lipinski definition) is 2. The van der Waals surface area contributed by atoms with E-state index in [4.69, 9.17) is 5.11 Å². The highest BCUT2D eigenvalue weighted by atomic mass is 16.3. The lowest BCUT2D eigenvalue weighted by Gasteiger charge is -2.16. The Hall–Kier alpha value is -0.860. The number of hydrogen-bond donors (Lipinski definition) is 2. The topological polar surface area (TPSA) is 32.3 Å². The minimum Gasteiger partial charge on any atom is -0.395 e. The minimum atomic E-state index is 0.203. The first-order chi connectivity index (χ1) is 6.79. The van der Waals surface area contributed by atoms with Crippen LogP contribution in [0, 0.1) is 0 Å². The summed E-state index contributed by atoms with van der Waals surface area (Å²) in [7, 11) is 0. The van der Waals surface area contributed by atoms with Gasteiger partial charge in [0.15, 0.2) is 0 Å². The summed E-state index contributed by atoms with van der Waals surface area (Å²) in [6, 6.07) is 9.29. The monoisotopic (exact) mass is 191 g/mol. The number of nitrogens with one attached hydrogen (secondary N) is 1. The fourth-order valence-electron chi connectivity index (χ4n) is 2.13. The Morgan fingerprint density at radius 3 is 2.43 bits per heavy atom. The van der Waals surface area contributed by atoms with Gasteiger partial charge in [0.2, 0.25) is 0 Å². The molecule has 1 atom stereocenters. The van der Waals surface area contributed by atoms with Gasteiger partial charge in [0, 0.05) is 12.1 Å². The van der Waals surface area contributed by atoms with Crippen LogP contribution >= 0.6 is 0 Å². The smallest absolute Gasteiger partial charge is 0.0582 e. The summed E-state index contributed by atoms with van der Waals surface area (Å²) in [6.07, 6.45) is 2.20. The maximum atomic E-state index is 8.95. The van der Waals surface area contributed by atoms with Gasteiger partial charge >= 0.3 is 0 Å². The summed E-state index contributed by atoms with van der Waals surface area (Å²) in [5.41, 5.74) is 2.91. The molecule has 0 aliphatic heterocycles. The molecule has 1 aromatic rings. The van der Waals surface area contributed by atoms with Gasteiger partial charge in [-0.3, -0.25) is 0 Å². The predicted molar refractivity (Wildman–Crippen MR) is 57.3 cm³/mol. The molecule has 76 valence electrons. The zero-order valence-corrected chi connectivity index (χ0v) is 8.53. The van der Waals surface area contributed by atoms with E-state index in [-0.39, 0.29) is 12.6 Å². The van der Waals surface area contributed by atoms with Crippen molar-refractivity contribution in [3.63, 3.8) is 0 Å². The lowest BCUT2D eigenvalue weighted by molar-refractivity contribution is 0.241. The van der Waals surface area contributed by atoms with Crippen molar-refractivity contribution in [1.82, 2.24) is 5.32 Å². The maximum absolute atomic E-state index is 8.95. The Bertz CT molecular complexity index is 286. The Morgan fingerprint density at radius 1 is 1.36 bits per heavy atom. The van der Waals surface area contributed by atoms with Crippen LogP contribution in [-0.2, 0) is 12.8 Å². The van der Waals surface area contributed by atoms with Crippen molar-refractivity contribution in [2.75, 3.05) is 6.61 Å². The summed E-state index contributed by atoms with van der Waals surface area (Å²) >= 11 is 0. The zero-order chi connectivity index (χ0) is 9.97. The largest absolute Gasteiger partial charge is 0.395 e. The van der Waals surface area contributed by atoms with Crippen LogP contribution in [0.1, 0.15) is 18.1 Å². The van der Waals surface area contributed by atoms with Gasteiger partial charge in [0.05, 0.1) is 6.61 Å². The van der Waals surface area contributed by atoms with Crippen molar-refractivity contribution in [2.24, 2.45) is 0 Å². The van der Waals surface area contributed by atoms with Crippen LogP contribution in [-0.4, -0.2) is 23.8 Å². The molecule has 0 saturated heterocycles. The van der Waals surface area contributed by atoms with Gasteiger partial charge in [-0.05, 0) is 30.9 Å². The van der Waals surface area contributed by atoms with Crippen molar-refractivity contribution >= 4 is 0 Å². The maximum Gasteiger partial charge on any atom is 0.0582 e. The first-order valence-corrected chi connectivity index (χ1v) is 5.23. The van der Waals surface area contributed by atoms with Gasteiger partial charge < -0.3 is 10.4 Å². The number of rotatable bonds is 3. The Balaban J connectivity index is 1.98. The van der Waals surface area contributed by atoms with Gasteiger partial charge in [-0.15, -0.1) is 0 Å². The second-order valence-electron chi connectivity index (χ2n) is 4.12. The molecule has 2 rings (SSSR count). The highest BCUT2D eigenvalue weighted by molar-refractivity contribution is 5.33. The molecule has 0 bridgehead atoms. The van der Waals surface area contributed by atoms with E-state index in [2.05, 4.69) is 29.6 Å². The first kappa shape index (κ1) is 9.69. The van der Waals surface area contributed by atoms with Gasteiger partial charge in [-0.1, -0.05) is 24.3 Å². The molecule has 1 aliphatic carbocycles. The van der Waals surface area contributed by atoms with E-state index in [9.17, 15) is 0 Å². The molecular formula is C12H17NO.